The van der Waals surface area contributed by atoms with Gasteiger partial charge in [-0.3, -0.25) is 4.79 Å². The van der Waals surface area contributed by atoms with E-state index in [4.69, 9.17) is 21.1 Å². The minimum atomic E-state index is -3.23. The van der Waals surface area contributed by atoms with Crippen molar-refractivity contribution in [1.29, 1.82) is 0 Å². The highest BCUT2D eigenvalue weighted by atomic mass is 35.5. The molecule has 1 amide bonds. The maximum atomic E-state index is 12.7. The molecule has 5 rings (SSSR count). The summed E-state index contributed by atoms with van der Waals surface area (Å²) >= 11 is 7.64. The number of aryl methyl sites for hydroxylation is 1. The van der Waals surface area contributed by atoms with Crippen LogP contribution >= 0.6 is 23.4 Å². The summed E-state index contributed by atoms with van der Waals surface area (Å²) in [6.07, 6.45) is 0. The van der Waals surface area contributed by atoms with Gasteiger partial charge < -0.3 is 14.4 Å². The van der Waals surface area contributed by atoms with Gasteiger partial charge in [-0.25, -0.2) is 8.42 Å². The molecule has 2 heterocycles. The fourth-order valence-electron chi connectivity index (χ4n) is 4.22. The summed E-state index contributed by atoms with van der Waals surface area (Å²) in [7, 11) is -3.23. The van der Waals surface area contributed by atoms with E-state index >= 15 is 0 Å². The summed E-state index contributed by atoms with van der Waals surface area (Å²) in [6.45, 7) is 1.73. The van der Waals surface area contributed by atoms with Crippen molar-refractivity contribution in [2.24, 2.45) is 4.99 Å². The second-order valence-electron chi connectivity index (χ2n) is 8.59. The number of amidine groups is 1. The molecule has 2 fully saturated rings. The number of sulfone groups is 1. The molecule has 0 aromatic heterocycles. The Morgan fingerprint density at radius 1 is 1.06 bits per heavy atom. The molecule has 2 saturated heterocycles. The molecule has 3 aromatic carbocycles. The number of halogens is 1. The number of thioether (sulfide) groups is 1. The van der Waals surface area contributed by atoms with Crippen LogP contribution in [-0.4, -0.2) is 48.9 Å². The van der Waals surface area contributed by atoms with Crippen molar-refractivity contribution in [3.8, 4) is 17.2 Å². The predicted molar refractivity (Wildman–Crippen MR) is 143 cm³/mol. The van der Waals surface area contributed by atoms with Crippen LogP contribution in [-0.2, 0) is 14.6 Å². The lowest BCUT2D eigenvalue weighted by molar-refractivity contribution is -0.119. The Balaban J connectivity index is 1.48. The van der Waals surface area contributed by atoms with Gasteiger partial charge in [0.15, 0.2) is 27.4 Å². The molecule has 3 aromatic rings. The summed E-state index contributed by atoms with van der Waals surface area (Å²) < 4.78 is 36.7. The fraction of sp³-hybridized carbons (Fsp3) is 0.231. The largest absolute Gasteiger partial charge is 0.484 e. The quantitative estimate of drug-likeness (QED) is 0.427. The Morgan fingerprint density at radius 2 is 1.83 bits per heavy atom. The van der Waals surface area contributed by atoms with Gasteiger partial charge in [-0.15, -0.1) is 0 Å². The van der Waals surface area contributed by atoms with Crippen LogP contribution in [0.25, 0.3) is 0 Å². The molecule has 2 aliphatic heterocycles. The highest BCUT2D eigenvalue weighted by molar-refractivity contribution is 8.16. The Hall–Kier alpha value is -3.01. The summed E-state index contributed by atoms with van der Waals surface area (Å²) in [4.78, 5) is 18.8. The Kier molecular flexibility index (Phi) is 6.96. The number of carbonyl (C=O) groups excluding carboxylic acids is 1. The van der Waals surface area contributed by atoms with Crippen molar-refractivity contribution in [2.75, 3.05) is 23.0 Å². The van der Waals surface area contributed by atoms with Crippen molar-refractivity contribution in [3.63, 3.8) is 0 Å². The van der Waals surface area contributed by atoms with Gasteiger partial charge in [0.2, 0.25) is 0 Å². The Labute approximate surface area is 219 Å². The maximum absolute atomic E-state index is 12.7. The molecule has 2 atom stereocenters. The van der Waals surface area contributed by atoms with E-state index in [0.29, 0.717) is 33.1 Å². The molecule has 10 heteroatoms. The smallest absolute Gasteiger partial charge is 0.285 e. The van der Waals surface area contributed by atoms with E-state index in [1.54, 1.807) is 35.2 Å². The van der Waals surface area contributed by atoms with E-state index in [-0.39, 0.29) is 23.4 Å². The number of nitrogens with zero attached hydrogens (tertiary/aromatic N) is 2. The first kappa shape index (κ1) is 24.7. The first-order valence-corrected chi connectivity index (χ1v) is 14.3. The molecule has 0 unspecified atom stereocenters. The van der Waals surface area contributed by atoms with E-state index in [9.17, 15) is 13.2 Å². The molecule has 0 aliphatic carbocycles. The van der Waals surface area contributed by atoms with Crippen molar-refractivity contribution >= 4 is 50.0 Å². The zero-order valence-corrected chi connectivity index (χ0v) is 21.7. The fourth-order valence-corrected chi connectivity index (χ4v) is 8.31. The molecule has 7 nitrogen and oxygen atoms in total. The van der Waals surface area contributed by atoms with Crippen molar-refractivity contribution in [3.05, 3.63) is 83.4 Å². The molecule has 0 spiro atoms. The van der Waals surface area contributed by atoms with Crippen LogP contribution in [0.1, 0.15) is 5.56 Å². The van der Waals surface area contributed by atoms with E-state index < -0.39 is 21.8 Å². The number of para-hydroxylation sites is 1. The van der Waals surface area contributed by atoms with Crippen LogP contribution in [0.2, 0.25) is 5.02 Å². The van der Waals surface area contributed by atoms with Crippen LogP contribution < -0.4 is 14.4 Å². The number of rotatable bonds is 6. The number of hydrogen-bond donors (Lipinski definition) is 0. The molecule has 2 aliphatic rings. The minimum Gasteiger partial charge on any atom is -0.484 e. The normalized spacial score (nSPS) is 21.4. The first-order chi connectivity index (χ1) is 17.3. The number of aliphatic imine (C=N–C) groups is 1. The number of hydrogen-bond acceptors (Lipinski definition) is 6. The van der Waals surface area contributed by atoms with Gasteiger partial charge in [-0.05, 0) is 55.0 Å². The van der Waals surface area contributed by atoms with Crippen molar-refractivity contribution < 1.29 is 22.7 Å². The minimum absolute atomic E-state index is 0.0151. The monoisotopic (exact) mass is 542 g/mol. The standard InChI is InChI=1S/C26H23ClN2O5S2/c1-17-6-5-9-20(12-17)34-23-11-10-18(27)13-21(23)29-22-15-36(31,32)16-24(22)35-26(29)28-25(30)14-33-19-7-3-2-4-8-19/h2-13,22,24H,14-16H2,1H3/t22-,24+/m0/s1. The lowest BCUT2D eigenvalue weighted by Gasteiger charge is -2.27. The van der Waals surface area contributed by atoms with Gasteiger partial charge in [0.1, 0.15) is 11.5 Å². The highest BCUT2D eigenvalue weighted by Gasteiger charge is 2.50. The van der Waals surface area contributed by atoms with Crippen LogP contribution in [0.15, 0.2) is 77.8 Å². The highest BCUT2D eigenvalue weighted by Crippen LogP contribution is 2.45. The lowest BCUT2D eigenvalue weighted by Crippen LogP contribution is -2.38. The van der Waals surface area contributed by atoms with Crippen LogP contribution in [0, 0.1) is 6.92 Å². The van der Waals surface area contributed by atoms with Crippen molar-refractivity contribution in [2.45, 2.75) is 18.2 Å². The molecular formula is C26H23ClN2O5S2. The van der Waals surface area contributed by atoms with E-state index in [2.05, 4.69) is 4.99 Å². The summed E-state index contributed by atoms with van der Waals surface area (Å²) in [6, 6.07) is 21.4. The average Bonchev–Trinajstić information content (AvgIpc) is 3.30. The molecule has 0 radical (unpaired) electrons. The number of benzene rings is 3. The van der Waals surface area contributed by atoms with Crippen molar-refractivity contribution in [1.82, 2.24) is 0 Å². The summed E-state index contributed by atoms with van der Waals surface area (Å²) in [5.41, 5.74) is 1.59. The zero-order chi connectivity index (χ0) is 25.3. The number of ether oxygens (including phenoxy) is 2. The SMILES string of the molecule is Cc1cccc(Oc2ccc(Cl)cc2N2C(=NC(=O)COc3ccccc3)S[C@@H]3CS(=O)(=O)C[C@@H]32)c1. The second-order valence-corrected chi connectivity index (χ2v) is 12.4. The number of amides is 1. The molecular weight excluding hydrogens is 520 g/mol. The van der Waals surface area contributed by atoms with Crippen LogP contribution in [0.5, 0.6) is 17.2 Å². The van der Waals surface area contributed by atoms with Gasteiger partial charge >= 0.3 is 0 Å². The number of anilines is 1. The molecule has 0 saturated carbocycles. The van der Waals surface area contributed by atoms with E-state index in [1.807, 2.05) is 49.4 Å². The van der Waals surface area contributed by atoms with Crippen LogP contribution in [0.4, 0.5) is 5.69 Å². The number of carbonyl (C=O) groups is 1. The maximum Gasteiger partial charge on any atom is 0.285 e. The van der Waals surface area contributed by atoms with Gasteiger partial charge in [-0.1, -0.05) is 53.7 Å². The molecule has 0 bridgehead atoms. The number of fused-ring (bicyclic) bond motifs is 1. The third kappa shape index (κ3) is 5.53. The van der Waals surface area contributed by atoms with E-state index in [1.165, 1.54) is 11.8 Å². The second kappa shape index (κ2) is 10.2. The molecule has 186 valence electrons. The third-order valence-electron chi connectivity index (χ3n) is 5.79. The zero-order valence-electron chi connectivity index (χ0n) is 19.3. The van der Waals surface area contributed by atoms with Gasteiger partial charge in [0.25, 0.3) is 5.91 Å². The summed E-state index contributed by atoms with van der Waals surface area (Å²) in [5.74, 6) is 1.17. The van der Waals surface area contributed by atoms with Gasteiger partial charge in [0.05, 0.1) is 23.2 Å². The summed E-state index contributed by atoms with van der Waals surface area (Å²) in [5, 5.41) is 0.592. The van der Waals surface area contributed by atoms with Crippen LogP contribution in [0.3, 0.4) is 0 Å². The first-order valence-electron chi connectivity index (χ1n) is 11.3. The lowest BCUT2D eigenvalue weighted by atomic mass is 10.2. The van der Waals surface area contributed by atoms with Gasteiger partial charge in [0, 0.05) is 10.3 Å². The average molecular weight is 543 g/mol. The molecule has 36 heavy (non-hydrogen) atoms. The Morgan fingerprint density at radius 3 is 2.61 bits per heavy atom. The van der Waals surface area contributed by atoms with E-state index in [0.717, 1.165) is 5.56 Å². The molecule has 0 N–H and O–H groups in total. The van der Waals surface area contributed by atoms with Gasteiger partial charge in [-0.2, -0.15) is 4.99 Å². The predicted octanol–water partition coefficient (Wildman–Crippen LogP) is 5.12. The Bertz CT molecular complexity index is 1430. The topological polar surface area (TPSA) is 85.3 Å². The third-order valence-corrected chi connectivity index (χ3v) is 9.24.